The number of carbonyl (C=O) groups is 2. The van der Waals surface area contributed by atoms with Crippen molar-refractivity contribution in [3.05, 3.63) is 118 Å². The molecule has 0 unspecified atom stereocenters. The molecule has 5 heterocycles. The summed E-state index contributed by atoms with van der Waals surface area (Å²) in [5.41, 5.74) is 7.99. The van der Waals surface area contributed by atoms with Crippen molar-refractivity contribution in [3.63, 3.8) is 0 Å². The summed E-state index contributed by atoms with van der Waals surface area (Å²) in [6.07, 6.45) is 2.45. The molecule has 1 atom stereocenters. The fraction of sp³-hybridized carbons (Fsp3) is 0.300. The number of nitrogens with zero attached hydrogens (tertiary/aromatic N) is 5. The van der Waals surface area contributed by atoms with Crippen LogP contribution in [0, 0.1) is 65.7 Å². The molecule has 0 radical (unpaired) electrons. The molecule has 55 heavy (non-hydrogen) atoms. The summed E-state index contributed by atoms with van der Waals surface area (Å²) in [6.45, 7) is 16.4. The van der Waals surface area contributed by atoms with Gasteiger partial charge >= 0.3 is 31.1 Å². The van der Waals surface area contributed by atoms with Crippen LogP contribution in [0.5, 0.6) is 0 Å². The predicted octanol–water partition coefficient (Wildman–Crippen LogP) is 6.66. The summed E-state index contributed by atoms with van der Waals surface area (Å²) < 4.78 is 12.4. The van der Waals surface area contributed by atoms with Crippen molar-refractivity contribution < 1.29 is 50.2 Å². The zero-order valence-corrected chi connectivity index (χ0v) is 36.8. The van der Waals surface area contributed by atoms with Gasteiger partial charge in [-0.25, -0.2) is 4.98 Å². The van der Waals surface area contributed by atoms with E-state index in [1.165, 1.54) is 4.88 Å². The number of ether oxygens (including phenoxy) is 2. The fourth-order valence-corrected chi connectivity index (χ4v) is 7.50. The van der Waals surface area contributed by atoms with E-state index in [0.717, 1.165) is 61.4 Å². The van der Waals surface area contributed by atoms with Crippen molar-refractivity contribution in [1.29, 1.82) is 0 Å². The van der Waals surface area contributed by atoms with Crippen LogP contribution in [0.3, 0.4) is 0 Å². The van der Waals surface area contributed by atoms with Gasteiger partial charge in [-0.2, -0.15) is 0 Å². The van der Waals surface area contributed by atoms with Gasteiger partial charge in [-0.05, 0) is 67.8 Å². The Balaban J connectivity index is 0.000000221. The molecule has 0 spiro atoms. The Morgan fingerprint density at radius 2 is 1.69 bits per heavy atom. The average molecular weight is 1010 g/mol. The first-order chi connectivity index (χ1) is 26.2. The number of aryl methyl sites for hydroxylation is 2. The van der Waals surface area contributed by atoms with E-state index in [2.05, 4.69) is 58.8 Å². The summed E-state index contributed by atoms with van der Waals surface area (Å²) >= 11 is 7.82. The second kappa shape index (κ2) is 19.8. The number of amides is 2. The van der Waals surface area contributed by atoms with Crippen LogP contribution in [0.25, 0.3) is 16.1 Å². The number of carbonyl (C=O) groups excluding carboxylic acids is 2. The van der Waals surface area contributed by atoms with Crippen molar-refractivity contribution in [2.75, 3.05) is 50.2 Å². The molecule has 5 aromatic rings. The van der Waals surface area contributed by atoms with Crippen LogP contribution < -0.4 is 16.0 Å². The summed E-state index contributed by atoms with van der Waals surface area (Å²) in [4.78, 5) is 34.8. The summed E-state index contributed by atoms with van der Waals surface area (Å²) in [6, 6.07) is 17.1. The van der Waals surface area contributed by atoms with E-state index < -0.39 is 6.04 Å². The molecule has 0 fully saturated rings. The van der Waals surface area contributed by atoms with Crippen molar-refractivity contribution >= 4 is 52.0 Å². The van der Waals surface area contributed by atoms with Crippen molar-refractivity contribution in [2.45, 2.75) is 39.7 Å². The minimum atomic E-state index is -0.477. The second-order valence-electron chi connectivity index (χ2n) is 12.6. The number of aromatic nitrogens is 4. The molecule has 3 aromatic heterocycles. The number of halogens is 1. The van der Waals surface area contributed by atoms with Gasteiger partial charge in [0.15, 0.2) is 5.82 Å². The molecule has 2 aromatic carbocycles. The van der Waals surface area contributed by atoms with E-state index in [9.17, 15) is 9.59 Å². The Kier molecular flexibility index (Phi) is 15.2. The number of hydrogen-bond donors (Lipinski definition) is 3. The first-order valence-electron chi connectivity index (χ1n) is 17.7. The van der Waals surface area contributed by atoms with Gasteiger partial charge in [0.05, 0.1) is 31.8 Å². The number of aliphatic imine (C=N–C) groups is 1. The van der Waals surface area contributed by atoms with Crippen LogP contribution in [-0.2, 0) is 25.5 Å². The van der Waals surface area contributed by atoms with Gasteiger partial charge in [0.25, 0.3) is 0 Å². The van der Waals surface area contributed by atoms with Crippen LogP contribution >= 0.6 is 22.9 Å². The number of thiophene rings is 1. The Morgan fingerprint density at radius 3 is 2.40 bits per heavy atom. The van der Waals surface area contributed by atoms with E-state index in [-0.39, 0.29) is 49.3 Å². The first kappa shape index (κ1) is 42.2. The number of benzene rings is 2. The summed E-state index contributed by atoms with van der Waals surface area (Å²) in [7, 11) is 0. The number of hydrogen-bond acceptors (Lipinski definition) is 10. The van der Waals surface area contributed by atoms with Crippen LogP contribution in [0.4, 0.5) is 11.5 Å². The topological polar surface area (TPSA) is 145 Å². The molecule has 0 bridgehead atoms. The van der Waals surface area contributed by atoms with Crippen molar-refractivity contribution in [2.24, 2.45) is 4.99 Å². The minimum Gasteiger partial charge on any atom is -0.412 e. The number of anilines is 2. The zero-order valence-electron chi connectivity index (χ0n) is 31.1. The quantitative estimate of drug-likeness (QED) is 0.0878. The molecule has 284 valence electrons. The summed E-state index contributed by atoms with van der Waals surface area (Å²) in [5.74, 6) is 2.18. The van der Waals surface area contributed by atoms with Crippen molar-refractivity contribution in [3.8, 4) is 16.1 Å². The maximum absolute atomic E-state index is 12.7. The van der Waals surface area contributed by atoms with Crippen LogP contribution in [0.1, 0.15) is 51.2 Å². The molecular weight excluding hydrogens is 962 g/mol. The number of rotatable bonds is 13. The molecule has 3 N–H and O–H groups in total. The molecule has 2 aliphatic heterocycles. The van der Waals surface area contributed by atoms with Gasteiger partial charge in [0.1, 0.15) is 22.7 Å². The number of fused-ring (bicyclic) bond motifs is 4. The number of pyridine rings is 1. The third-order valence-electron chi connectivity index (χ3n) is 8.98. The van der Waals surface area contributed by atoms with Gasteiger partial charge in [0.2, 0.25) is 11.8 Å². The fourth-order valence-electron chi connectivity index (χ4n) is 6.16. The first-order valence-corrected chi connectivity index (χ1v) is 18.9. The van der Waals surface area contributed by atoms with Crippen LogP contribution in [-0.4, -0.2) is 76.8 Å². The molecular formula is C40H43ClN8O4SU. The predicted molar refractivity (Wildman–Crippen MR) is 214 cm³/mol. The third kappa shape index (κ3) is 10.3. The third-order valence-corrected chi connectivity index (χ3v) is 10.4. The maximum Gasteiger partial charge on any atom is 2.00 e. The smallest absolute Gasteiger partial charge is 0.412 e. The Hall–Kier alpha value is -3.90. The van der Waals surface area contributed by atoms with Crippen molar-refractivity contribution in [1.82, 2.24) is 25.1 Å². The maximum atomic E-state index is 12.7. The molecule has 15 heteroatoms. The molecule has 2 aliphatic rings. The van der Waals surface area contributed by atoms with Gasteiger partial charge < -0.3 is 39.3 Å². The normalized spacial score (nSPS) is 13.9. The van der Waals surface area contributed by atoms with Gasteiger partial charge in [0, 0.05) is 51.6 Å². The van der Waals surface area contributed by atoms with Gasteiger partial charge in [-0.3, -0.25) is 19.1 Å². The molecule has 2 amide bonds. The molecule has 7 rings (SSSR count). The van der Waals surface area contributed by atoms with E-state index in [4.69, 9.17) is 26.1 Å². The zero-order chi connectivity index (χ0) is 38.2. The monoisotopic (exact) mass is 1000 g/mol. The Bertz CT molecular complexity index is 2140. The largest absolute Gasteiger partial charge is 2.00 e. The minimum absolute atomic E-state index is 0. The number of nitrogens with one attached hydrogen (secondary N) is 3. The molecule has 0 saturated heterocycles. The van der Waals surface area contributed by atoms with Gasteiger partial charge in [-0.1, -0.05) is 49.1 Å². The Labute approximate surface area is 354 Å². The van der Waals surface area contributed by atoms with Gasteiger partial charge in [-0.15, -0.1) is 21.5 Å². The van der Waals surface area contributed by atoms with E-state index in [0.29, 0.717) is 56.8 Å². The van der Waals surface area contributed by atoms with Crippen LogP contribution in [0.2, 0.25) is 5.02 Å². The van der Waals surface area contributed by atoms with Crippen LogP contribution in [0.15, 0.2) is 65.8 Å². The Morgan fingerprint density at radius 1 is 0.982 bits per heavy atom. The average Bonchev–Trinajstić information content (AvgIpc) is 3.80. The summed E-state index contributed by atoms with van der Waals surface area (Å²) in [5, 5.41) is 19.4. The second-order valence-corrected chi connectivity index (χ2v) is 14.3. The standard InChI is InChI=1S/C23H25ClN5O2S.C17H18N3O2.U/c1-5-31-11-10-25-19(30)12-18-22-28-27-15(4)29(22)23-20(13(2)14(3)32-23)21(26-18)16-6-8-17(24)9-7-16;1-2-22-8-7-18-16-6-5-14(11-19-16)12-3-4-13-10-17(21)20-15(13)9-12;/h6-9,18H,1,5,10-12H2,2-4H3,(H,25,30);3-6,9,11H,1-2,7-8,10H2,(H,18,19)(H,20,21);/q2*-1;+2/t18-;;/m0../s1. The van der Waals surface area contributed by atoms with E-state index >= 15 is 0 Å². The molecule has 0 saturated carbocycles. The SMILES string of the molecule is [CH2-]COCCNC(=O)C[C@@H]1N=C(c2ccc(Cl)cc2)c2c(sc(C)c2C)-n2c(C)nnc21.[CH2-]COCCNc1ccc(-c2ccc3c(c2)NC(=O)C3)cn1.[U+2]. The van der Waals surface area contributed by atoms with E-state index in [1.807, 2.05) is 72.3 Å². The molecule has 12 nitrogen and oxygen atoms in total. The molecule has 0 aliphatic carbocycles. The van der Waals surface area contributed by atoms with E-state index in [1.54, 1.807) is 11.3 Å².